The molecule has 4 heteroatoms. The fraction of sp³-hybridized carbons (Fsp3) is 0.909. The fourth-order valence-corrected chi connectivity index (χ4v) is 1.97. The zero-order valence-corrected chi connectivity index (χ0v) is 9.99. The van der Waals surface area contributed by atoms with Gasteiger partial charge in [-0.05, 0) is 39.7 Å². The molecule has 0 aromatic rings. The van der Waals surface area contributed by atoms with Gasteiger partial charge in [0.25, 0.3) is 0 Å². The van der Waals surface area contributed by atoms with Crippen LogP contribution in [0.5, 0.6) is 0 Å². The van der Waals surface area contributed by atoms with Crippen LogP contribution in [0.1, 0.15) is 26.7 Å². The van der Waals surface area contributed by atoms with Crippen LogP contribution < -0.4 is 11.1 Å². The first-order valence-corrected chi connectivity index (χ1v) is 5.81. The monoisotopic (exact) mass is 213 g/mol. The van der Waals surface area contributed by atoms with E-state index in [1.807, 2.05) is 20.9 Å². The molecule has 2 atom stereocenters. The van der Waals surface area contributed by atoms with Gasteiger partial charge >= 0.3 is 0 Å². The molecule has 1 amide bonds. The van der Waals surface area contributed by atoms with E-state index < -0.39 is 0 Å². The van der Waals surface area contributed by atoms with Crippen LogP contribution in [0.25, 0.3) is 0 Å². The molecule has 0 aromatic heterocycles. The summed E-state index contributed by atoms with van der Waals surface area (Å²) < 4.78 is 0. The minimum atomic E-state index is -0.0842. The molecule has 0 saturated heterocycles. The summed E-state index contributed by atoms with van der Waals surface area (Å²) in [6, 6.07) is 0.279. The van der Waals surface area contributed by atoms with E-state index in [2.05, 4.69) is 10.2 Å². The van der Waals surface area contributed by atoms with Crippen molar-refractivity contribution in [2.45, 2.75) is 38.8 Å². The zero-order valence-electron chi connectivity index (χ0n) is 9.99. The van der Waals surface area contributed by atoms with E-state index in [-0.39, 0.29) is 11.9 Å². The van der Waals surface area contributed by atoms with Gasteiger partial charge in [-0.2, -0.15) is 0 Å². The van der Waals surface area contributed by atoms with E-state index >= 15 is 0 Å². The normalized spacial score (nSPS) is 20.1. The molecule has 0 bridgehead atoms. The smallest absolute Gasteiger partial charge is 0.237 e. The molecule has 0 spiro atoms. The summed E-state index contributed by atoms with van der Waals surface area (Å²) in [5.74, 6) is 0.802. The minimum absolute atomic E-state index is 0.0842. The van der Waals surface area contributed by atoms with Gasteiger partial charge in [0.15, 0.2) is 0 Å². The van der Waals surface area contributed by atoms with E-state index in [1.54, 1.807) is 0 Å². The molecule has 1 saturated carbocycles. The Morgan fingerprint density at radius 2 is 2.20 bits per heavy atom. The summed E-state index contributed by atoms with van der Waals surface area (Å²) in [6.45, 7) is 5.21. The summed E-state index contributed by atoms with van der Waals surface area (Å²) in [4.78, 5) is 13.8. The first-order chi connectivity index (χ1) is 7.11. The average Bonchev–Trinajstić information content (AvgIpc) is 3.02. The molecule has 4 nitrogen and oxygen atoms in total. The highest BCUT2D eigenvalue weighted by Gasteiger charge is 2.35. The van der Waals surface area contributed by atoms with Gasteiger partial charge in [0.1, 0.15) is 0 Å². The number of rotatable bonds is 6. The lowest BCUT2D eigenvalue weighted by atomic mass is 10.1. The van der Waals surface area contributed by atoms with Crippen LogP contribution in [-0.4, -0.2) is 43.0 Å². The van der Waals surface area contributed by atoms with Gasteiger partial charge < -0.3 is 11.1 Å². The van der Waals surface area contributed by atoms with Crippen LogP contribution in [-0.2, 0) is 4.79 Å². The third kappa shape index (κ3) is 3.18. The SMILES string of the molecule is CCNC(=O)C(C)N(C)C(CN)C1CC1. The number of nitrogens with two attached hydrogens (primary N) is 1. The van der Waals surface area contributed by atoms with Crippen LogP contribution in [0, 0.1) is 5.92 Å². The van der Waals surface area contributed by atoms with E-state index in [0.29, 0.717) is 25.0 Å². The molecule has 0 aromatic carbocycles. The summed E-state index contributed by atoms with van der Waals surface area (Å²) in [7, 11) is 2.00. The number of hydrogen-bond acceptors (Lipinski definition) is 3. The Bertz CT molecular complexity index is 216. The van der Waals surface area contributed by atoms with Gasteiger partial charge in [-0.15, -0.1) is 0 Å². The molecule has 1 rings (SSSR count). The number of nitrogens with one attached hydrogen (secondary N) is 1. The predicted molar refractivity (Wildman–Crippen MR) is 61.5 cm³/mol. The lowest BCUT2D eigenvalue weighted by Gasteiger charge is -2.31. The average molecular weight is 213 g/mol. The van der Waals surface area contributed by atoms with Crippen LogP contribution in [0.2, 0.25) is 0 Å². The highest BCUT2D eigenvalue weighted by molar-refractivity contribution is 5.81. The Balaban J connectivity index is 2.48. The van der Waals surface area contributed by atoms with Crippen molar-refractivity contribution < 1.29 is 4.79 Å². The first-order valence-electron chi connectivity index (χ1n) is 5.81. The van der Waals surface area contributed by atoms with Gasteiger partial charge in [-0.25, -0.2) is 0 Å². The summed E-state index contributed by atoms with van der Waals surface area (Å²) >= 11 is 0. The Morgan fingerprint density at radius 3 is 2.60 bits per heavy atom. The lowest BCUT2D eigenvalue weighted by Crippen LogP contribution is -2.50. The number of amides is 1. The Hall–Kier alpha value is -0.610. The van der Waals surface area contributed by atoms with Crippen LogP contribution >= 0.6 is 0 Å². The van der Waals surface area contributed by atoms with E-state index in [4.69, 9.17) is 5.73 Å². The zero-order chi connectivity index (χ0) is 11.4. The molecule has 0 radical (unpaired) electrons. The topological polar surface area (TPSA) is 58.4 Å². The van der Waals surface area contributed by atoms with Crippen molar-refractivity contribution in [3.05, 3.63) is 0 Å². The van der Waals surface area contributed by atoms with Crippen LogP contribution in [0.3, 0.4) is 0 Å². The van der Waals surface area contributed by atoms with Crippen molar-refractivity contribution >= 4 is 5.91 Å². The second-order valence-electron chi connectivity index (χ2n) is 4.38. The van der Waals surface area contributed by atoms with Crippen molar-refractivity contribution in [2.24, 2.45) is 11.7 Å². The molecule has 1 aliphatic rings. The number of carbonyl (C=O) groups is 1. The Kier molecular flexibility index (Phi) is 4.54. The predicted octanol–water partition coefficient (Wildman–Crippen LogP) is 0.180. The minimum Gasteiger partial charge on any atom is -0.355 e. The van der Waals surface area contributed by atoms with Gasteiger partial charge in [0.2, 0.25) is 5.91 Å². The second kappa shape index (κ2) is 5.47. The van der Waals surface area contributed by atoms with E-state index in [1.165, 1.54) is 12.8 Å². The number of likely N-dealkylation sites (N-methyl/N-ethyl adjacent to an activating group) is 2. The highest BCUT2D eigenvalue weighted by Crippen LogP contribution is 2.35. The van der Waals surface area contributed by atoms with Gasteiger partial charge in [0, 0.05) is 19.1 Å². The van der Waals surface area contributed by atoms with Crippen LogP contribution in [0.15, 0.2) is 0 Å². The van der Waals surface area contributed by atoms with Crippen molar-refractivity contribution in [1.29, 1.82) is 0 Å². The summed E-state index contributed by atoms with van der Waals surface area (Å²) in [5, 5.41) is 2.84. The maximum absolute atomic E-state index is 11.7. The molecule has 88 valence electrons. The largest absolute Gasteiger partial charge is 0.355 e. The first kappa shape index (κ1) is 12.5. The Morgan fingerprint density at radius 1 is 1.60 bits per heavy atom. The van der Waals surface area contributed by atoms with Gasteiger partial charge in [-0.1, -0.05) is 0 Å². The van der Waals surface area contributed by atoms with Crippen LogP contribution in [0.4, 0.5) is 0 Å². The molecule has 1 fully saturated rings. The molecule has 2 unspecified atom stereocenters. The van der Waals surface area contributed by atoms with E-state index in [0.717, 1.165) is 0 Å². The summed E-state index contributed by atoms with van der Waals surface area (Å²) in [6.07, 6.45) is 2.52. The standard InChI is InChI=1S/C11H23N3O/c1-4-13-11(15)8(2)14(3)10(7-12)9-5-6-9/h8-10H,4-7,12H2,1-3H3,(H,13,15). The quantitative estimate of drug-likeness (QED) is 0.662. The van der Waals surface area contributed by atoms with Crippen molar-refractivity contribution in [2.75, 3.05) is 20.1 Å². The van der Waals surface area contributed by atoms with Crippen molar-refractivity contribution in [3.63, 3.8) is 0 Å². The number of hydrogen-bond donors (Lipinski definition) is 2. The van der Waals surface area contributed by atoms with Gasteiger partial charge in [-0.3, -0.25) is 9.69 Å². The highest BCUT2D eigenvalue weighted by atomic mass is 16.2. The lowest BCUT2D eigenvalue weighted by molar-refractivity contribution is -0.126. The third-order valence-electron chi connectivity index (χ3n) is 3.27. The second-order valence-corrected chi connectivity index (χ2v) is 4.38. The Labute approximate surface area is 92.2 Å². The van der Waals surface area contributed by atoms with Crippen molar-refractivity contribution in [1.82, 2.24) is 10.2 Å². The molecule has 15 heavy (non-hydrogen) atoms. The third-order valence-corrected chi connectivity index (χ3v) is 3.27. The molecule has 1 aliphatic carbocycles. The summed E-state index contributed by atoms with van der Waals surface area (Å²) in [5.41, 5.74) is 5.75. The molecule has 0 heterocycles. The van der Waals surface area contributed by atoms with Crippen molar-refractivity contribution in [3.8, 4) is 0 Å². The molecule has 0 aliphatic heterocycles. The number of nitrogens with zero attached hydrogens (tertiary/aromatic N) is 1. The molecular formula is C11H23N3O. The molecular weight excluding hydrogens is 190 g/mol. The maximum atomic E-state index is 11.7. The maximum Gasteiger partial charge on any atom is 0.237 e. The molecule has 3 N–H and O–H groups in total. The number of carbonyl (C=O) groups excluding carboxylic acids is 1. The van der Waals surface area contributed by atoms with E-state index in [9.17, 15) is 4.79 Å². The fourth-order valence-electron chi connectivity index (χ4n) is 1.97. The van der Waals surface area contributed by atoms with Gasteiger partial charge in [0.05, 0.1) is 6.04 Å².